The van der Waals surface area contributed by atoms with E-state index in [9.17, 15) is 0 Å². The summed E-state index contributed by atoms with van der Waals surface area (Å²) in [5, 5.41) is 0. The summed E-state index contributed by atoms with van der Waals surface area (Å²) >= 11 is 0. The van der Waals surface area contributed by atoms with E-state index in [1.807, 2.05) is 18.2 Å². The molecule has 0 saturated carbocycles. The van der Waals surface area contributed by atoms with Crippen molar-refractivity contribution in [2.45, 2.75) is 46.1 Å². The first-order valence-electron chi connectivity index (χ1n) is 7.18. The Morgan fingerprint density at radius 2 is 1.84 bits per heavy atom. The van der Waals surface area contributed by atoms with Gasteiger partial charge in [0.25, 0.3) is 0 Å². The molecule has 1 heterocycles. The lowest BCUT2D eigenvalue weighted by Gasteiger charge is -2.08. The number of benzene rings is 1. The van der Waals surface area contributed by atoms with Crippen LogP contribution in [0.3, 0.4) is 0 Å². The van der Waals surface area contributed by atoms with Gasteiger partial charge in [0.15, 0.2) is 0 Å². The highest BCUT2D eigenvalue weighted by molar-refractivity contribution is 5.70. The first-order valence-corrected chi connectivity index (χ1v) is 7.18. The van der Waals surface area contributed by atoms with Gasteiger partial charge in [-0.3, -0.25) is 0 Å². The molecule has 0 saturated heterocycles. The van der Waals surface area contributed by atoms with Gasteiger partial charge in [-0.2, -0.15) is 0 Å². The van der Waals surface area contributed by atoms with Crippen LogP contribution in [0.5, 0.6) is 0 Å². The van der Waals surface area contributed by atoms with Crippen LogP contribution in [0.15, 0.2) is 30.3 Å². The van der Waals surface area contributed by atoms with Crippen LogP contribution in [0.4, 0.5) is 5.82 Å². The number of aryl methyl sites for hydroxylation is 1. The summed E-state index contributed by atoms with van der Waals surface area (Å²) < 4.78 is 2.19. The zero-order valence-electron chi connectivity index (χ0n) is 11.9. The van der Waals surface area contributed by atoms with Crippen molar-refractivity contribution in [2.24, 2.45) is 0 Å². The van der Waals surface area contributed by atoms with Crippen molar-refractivity contribution in [1.82, 2.24) is 9.55 Å². The lowest BCUT2D eigenvalue weighted by atomic mass is 10.1. The Hall–Kier alpha value is -1.77. The fourth-order valence-electron chi connectivity index (χ4n) is 2.30. The fraction of sp³-hybridized carbons (Fsp3) is 0.438. The molecule has 2 N–H and O–H groups in total. The summed E-state index contributed by atoms with van der Waals surface area (Å²) in [4.78, 5) is 4.76. The Morgan fingerprint density at radius 3 is 2.47 bits per heavy atom. The van der Waals surface area contributed by atoms with Crippen LogP contribution in [0.1, 0.15) is 38.9 Å². The molecule has 19 heavy (non-hydrogen) atoms. The molecule has 0 unspecified atom stereocenters. The van der Waals surface area contributed by atoms with Crippen LogP contribution in [-0.2, 0) is 13.0 Å². The second kappa shape index (κ2) is 6.41. The van der Waals surface area contributed by atoms with E-state index in [-0.39, 0.29) is 0 Å². The molecule has 0 spiro atoms. The molecule has 3 nitrogen and oxygen atoms in total. The first kappa shape index (κ1) is 13.7. The van der Waals surface area contributed by atoms with Gasteiger partial charge in [-0.05, 0) is 12.8 Å². The van der Waals surface area contributed by atoms with Gasteiger partial charge in [0.05, 0.1) is 0 Å². The number of anilines is 1. The molecular formula is C16H23N3. The van der Waals surface area contributed by atoms with Crippen LogP contribution in [0, 0.1) is 0 Å². The smallest absolute Gasteiger partial charge is 0.131 e. The van der Waals surface area contributed by atoms with E-state index in [0.29, 0.717) is 0 Å². The summed E-state index contributed by atoms with van der Waals surface area (Å²) in [6, 6.07) is 10.2. The number of unbranched alkanes of at least 4 members (excludes halogenated alkanes) is 1. The number of nitrogen functional groups attached to an aromatic ring is 1. The topological polar surface area (TPSA) is 43.8 Å². The van der Waals surface area contributed by atoms with Crippen molar-refractivity contribution in [3.8, 4) is 11.3 Å². The average molecular weight is 257 g/mol. The third-order valence-corrected chi connectivity index (χ3v) is 3.34. The highest BCUT2D eigenvalue weighted by Crippen LogP contribution is 2.27. The van der Waals surface area contributed by atoms with Crippen LogP contribution in [-0.4, -0.2) is 9.55 Å². The largest absolute Gasteiger partial charge is 0.383 e. The molecule has 2 aromatic rings. The monoisotopic (exact) mass is 257 g/mol. The number of nitrogens with zero attached hydrogens (tertiary/aromatic N) is 2. The molecular weight excluding hydrogens is 234 g/mol. The third kappa shape index (κ3) is 2.98. The normalized spacial score (nSPS) is 10.8. The SMILES string of the molecule is CCCCn1c(CCC)nc(-c2ccccc2)c1N. The Kier molecular flexibility index (Phi) is 4.61. The van der Waals surface area contributed by atoms with Gasteiger partial charge in [-0.1, -0.05) is 50.6 Å². The van der Waals surface area contributed by atoms with E-state index >= 15 is 0 Å². The average Bonchev–Trinajstić information content (AvgIpc) is 2.75. The molecule has 102 valence electrons. The standard InChI is InChI=1S/C16H23N3/c1-3-5-12-19-14(9-4-2)18-15(16(19)17)13-10-7-6-8-11-13/h6-8,10-11H,3-5,9,12,17H2,1-2H3. The molecule has 0 atom stereocenters. The molecule has 1 aromatic carbocycles. The first-order chi connectivity index (χ1) is 9.27. The van der Waals surface area contributed by atoms with E-state index in [4.69, 9.17) is 10.7 Å². The number of aromatic nitrogens is 2. The van der Waals surface area contributed by atoms with Crippen molar-refractivity contribution in [2.75, 3.05) is 5.73 Å². The van der Waals surface area contributed by atoms with Crippen molar-refractivity contribution < 1.29 is 0 Å². The highest BCUT2D eigenvalue weighted by atomic mass is 15.1. The van der Waals surface area contributed by atoms with Gasteiger partial charge in [0, 0.05) is 18.5 Å². The minimum Gasteiger partial charge on any atom is -0.383 e. The maximum atomic E-state index is 6.31. The van der Waals surface area contributed by atoms with Crippen LogP contribution >= 0.6 is 0 Å². The predicted octanol–water partition coefficient (Wildman–Crippen LogP) is 3.88. The van der Waals surface area contributed by atoms with Gasteiger partial charge >= 0.3 is 0 Å². The molecule has 0 fully saturated rings. The molecule has 3 heteroatoms. The Bertz CT molecular complexity index is 514. The van der Waals surface area contributed by atoms with Crippen LogP contribution < -0.4 is 5.73 Å². The van der Waals surface area contributed by atoms with Crippen LogP contribution in [0.25, 0.3) is 11.3 Å². The Morgan fingerprint density at radius 1 is 1.11 bits per heavy atom. The Labute approximate surface area is 115 Å². The van der Waals surface area contributed by atoms with Crippen molar-refractivity contribution in [1.29, 1.82) is 0 Å². The van der Waals surface area contributed by atoms with E-state index in [0.717, 1.165) is 48.7 Å². The molecule has 0 bridgehead atoms. The van der Waals surface area contributed by atoms with E-state index in [1.165, 1.54) is 6.42 Å². The number of imidazole rings is 1. The Balaban J connectivity index is 2.40. The van der Waals surface area contributed by atoms with Gasteiger partial charge in [-0.25, -0.2) is 4.98 Å². The molecule has 1 aromatic heterocycles. The highest BCUT2D eigenvalue weighted by Gasteiger charge is 2.14. The van der Waals surface area contributed by atoms with Gasteiger partial charge in [-0.15, -0.1) is 0 Å². The molecule has 0 aliphatic carbocycles. The molecule has 2 rings (SSSR count). The number of nitrogens with two attached hydrogens (primary N) is 1. The van der Waals surface area contributed by atoms with Gasteiger partial charge < -0.3 is 10.3 Å². The second-order valence-electron chi connectivity index (χ2n) is 4.88. The summed E-state index contributed by atoms with van der Waals surface area (Å²) in [6.07, 6.45) is 4.40. The van der Waals surface area contributed by atoms with Crippen molar-refractivity contribution >= 4 is 5.82 Å². The number of rotatable bonds is 6. The number of hydrogen-bond acceptors (Lipinski definition) is 2. The molecule has 0 radical (unpaired) electrons. The van der Waals surface area contributed by atoms with Crippen LogP contribution in [0.2, 0.25) is 0 Å². The zero-order chi connectivity index (χ0) is 13.7. The molecule has 0 aliphatic rings. The maximum Gasteiger partial charge on any atom is 0.131 e. The van der Waals surface area contributed by atoms with Gasteiger partial charge in [0.2, 0.25) is 0 Å². The van der Waals surface area contributed by atoms with E-state index in [1.54, 1.807) is 0 Å². The lowest BCUT2D eigenvalue weighted by Crippen LogP contribution is -2.07. The fourth-order valence-corrected chi connectivity index (χ4v) is 2.30. The second-order valence-corrected chi connectivity index (χ2v) is 4.88. The van der Waals surface area contributed by atoms with E-state index < -0.39 is 0 Å². The van der Waals surface area contributed by atoms with Crippen molar-refractivity contribution in [3.05, 3.63) is 36.2 Å². The zero-order valence-corrected chi connectivity index (χ0v) is 11.9. The summed E-state index contributed by atoms with van der Waals surface area (Å²) in [5.41, 5.74) is 8.34. The number of hydrogen-bond donors (Lipinski definition) is 1. The summed E-state index contributed by atoms with van der Waals surface area (Å²) in [5.74, 6) is 1.93. The molecule has 0 amide bonds. The van der Waals surface area contributed by atoms with E-state index in [2.05, 4.69) is 30.5 Å². The quantitative estimate of drug-likeness (QED) is 0.853. The lowest BCUT2D eigenvalue weighted by molar-refractivity contribution is 0.604. The van der Waals surface area contributed by atoms with Gasteiger partial charge in [0.1, 0.15) is 17.3 Å². The third-order valence-electron chi connectivity index (χ3n) is 3.34. The molecule has 0 aliphatic heterocycles. The minimum absolute atomic E-state index is 0.808. The summed E-state index contributed by atoms with van der Waals surface area (Å²) in [7, 11) is 0. The maximum absolute atomic E-state index is 6.31. The minimum atomic E-state index is 0.808. The predicted molar refractivity (Wildman–Crippen MR) is 81.0 cm³/mol. The summed E-state index contributed by atoms with van der Waals surface area (Å²) in [6.45, 7) is 5.35. The van der Waals surface area contributed by atoms with Crippen molar-refractivity contribution in [3.63, 3.8) is 0 Å².